The highest BCUT2D eigenvalue weighted by Gasteiger charge is 2.18. The predicted octanol–water partition coefficient (Wildman–Crippen LogP) is 5.19. The summed E-state index contributed by atoms with van der Waals surface area (Å²) in [6.45, 7) is 2.33. The summed E-state index contributed by atoms with van der Waals surface area (Å²) in [6, 6.07) is 13.9. The van der Waals surface area contributed by atoms with Gasteiger partial charge in [0.1, 0.15) is 16.5 Å². The van der Waals surface area contributed by atoms with Crippen LogP contribution in [0, 0.1) is 12.7 Å². The average Bonchev–Trinajstić information content (AvgIpc) is 3.20. The highest BCUT2D eigenvalue weighted by Crippen LogP contribution is 2.32. The van der Waals surface area contributed by atoms with E-state index in [0.717, 1.165) is 22.3 Å². The Morgan fingerprint density at radius 2 is 1.77 bits per heavy atom. The highest BCUT2D eigenvalue weighted by atomic mass is 32.1. The van der Waals surface area contributed by atoms with E-state index in [1.165, 1.54) is 30.6 Å². The van der Waals surface area contributed by atoms with Crippen molar-refractivity contribution < 1.29 is 13.9 Å². The summed E-state index contributed by atoms with van der Waals surface area (Å²) < 4.78 is 19.7. The third-order valence-electron chi connectivity index (χ3n) is 5.15. The summed E-state index contributed by atoms with van der Waals surface area (Å²) >= 11 is 1.39. The standard InChI is InChI=1S/C24H21FN2O3S/c1-15-5-7-17(8-6-15)22-26-23-21(24(29)27(22)13-3-4-20(28)30-2)19(14-31-23)16-9-11-18(25)12-10-16/h5-12,14H,3-4,13H2,1-2H3. The van der Waals surface area contributed by atoms with Crippen molar-refractivity contribution in [3.05, 3.63) is 75.6 Å². The van der Waals surface area contributed by atoms with E-state index in [2.05, 4.69) is 0 Å². The molecule has 0 saturated carbocycles. The molecular formula is C24H21FN2O3S. The number of benzene rings is 2. The number of rotatable bonds is 6. The van der Waals surface area contributed by atoms with E-state index in [1.54, 1.807) is 16.7 Å². The summed E-state index contributed by atoms with van der Waals surface area (Å²) in [4.78, 5) is 30.6. The monoisotopic (exact) mass is 436 g/mol. The van der Waals surface area contributed by atoms with Gasteiger partial charge in [-0.2, -0.15) is 0 Å². The van der Waals surface area contributed by atoms with E-state index in [-0.39, 0.29) is 23.8 Å². The van der Waals surface area contributed by atoms with Crippen LogP contribution < -0.4 is 5.56 Å². The van der Waals surface area contributed by atoms with Crippen LogP contribution in [0.5, 0.6) is 0 Å². The first kappa shape index (κ1) is 20.9. The predicted molar refractivity (Wildman–Crippen MR) is 121 cm³/mol. The molecule has 2 aromatic carbocycles. The molecule has 4 aromatic rings. The van der Waals surface area contributed by atoms with E-state index >= 15 is 0 Å². The molecule has 0 aliphatic carbocycles. The second-order valence-corrected chi connectivity index (χ2v) is 8.13. The van der Waals surface area contributed by atoms with Crippen molar-refractivity contribution in [3.63, 3.8) is 0 Å². The van der Waals surface area contributed by atoms with Gasteiger partial charge < -0.3 is 4.74 Å². The minimum Gasteiger partial charge on any atom is -0.469 e. The molecule has 0 spiro atoms. The van der Waals surface area contributed by atoms with Gasteiger partial charge in [-0.15, -0.1) is 11.3 Å². The summed E-state index contributed by atoms with van der Waals surface area (Å²) in [7, 11) is 1.35. The lowest BCUT2D eigenvalue weighted by Gasteiger charge is -2.13. The molecule has 0 saturated heterocycles. The Hall–Kier alpha value is -3.32. The van der Waals surface area contributed by atoms with Gasteiger partial charge >= 0.3 is 5.97 Å². The molecule has 0 amide bonds. The SMILES string of the molecule is COC(=O)CCCn1c(-c2ccc(C)cc2)nc2scc(-c3ccc(F)cc3)c2c1=O. The zero-order valence-electron chi connectivity index (χ0n) is 17.2. The van der Waals surface area contributed by atoms with Gasteiger partial charge in [0.2, 0.25) is 0 Å². The Morgan fingerprint density at radius 1 is 1.10 bits per heavy atom. The quantitative estimate of drug-likeness (QED) is 0.390. The number of carbonyl (C=O) groups is 1. The number of thiophene rings is 1. The maximum Gasteiger partial charge on any atom is 0.305 e. The molecule has 2 aromatic heterocycles. The Bertz CT molecular complexity index is 1290. The van der Waals surface area contributed by atoms with Crippen molar-refractivity contribution >= 4 is 27.5 Å². The largest absolute Gasteiger partial charge is 0.469 e. The van der Waals surface area contributed by atoms with Crippen LogP contribution in [0.1, 0.15) is 18.4 Å². The molecule has 0 aliphatic heterocycles. The van der Waals surface area contributed by atoms with Crippen LogP contribution >= 0.6 is 11.3 Å². The molecule has 0 N–H and O–H groups in total. The molecule has 0 radical (unpaired) electrons. The van der Waals surface area contributed by atoms with Crippen LogP contribution in [0.2, 0.25) is 0 Å². The molecule has 0 atom stereocenters. The van der Waals surface area contributed by atoms with Crippen molar-refractivity contribution in [1.82, 2.24) is 9.55 Å². The van der Waals surface area contributed by atoms with Gasteiger partial charge in [-0.1, -0.05) is 42.0 Å². The minimum atomic E-state index is -0.330. The second-order valence-electron chi connectivity index (χ2n) is 7.27. The average molecular weight is 437 g/mol. The first-order valence-corrected chi connectivity index (χ1v) is 10.8. The molecule has 0 aliphatic rings. The fourth-order valence-electron chi connectivity index (χ4n) is 3.48. The molecule has 31 heavy (non-hydrogen) atoms. The van der Waals surface area contributed by atoms with Crippen molar-refractivity contribution in [2.45, 2.75) is 26.3 Å². The lowest BCUT2D eigenvalue weighted by atomic mass is 10.1. The minimum absolute atomic E-state index is 0.175. The fourth-order valence-corrected chi connectivity index (χ4v) is 4.42. The Morgan fingerprint density at radius 3 is 2.45 bits per heavy atom. The Balaban J connectivity index is 1.87. The lowest BCUT2D eigenvalue weighted by molar-refractivity contribution is -0.140. The van der Waals surface area contributed by atoms with E-state index in [9.17, 15) is 14.0 Å². The zero-order chi connectivity index (χ0) is 22.0. The first-order valence-electron chi connectivity index (χ1n) is 9.90. The molecule has 7 heteroatoms. The van der Waals surface area contributed by atoms with Crippen LogP contribution in [0.4, 0.5) is 4.39 Å². The van der Waals surface area contributed by atoms with Crippen molar-refractivity contribution in [1.29, 1.82) is 0 Å². The van der Waals surface area contributed by atoms with Gasteiger partial charge in [0.25, 0.3) is 5.56 Å². The number of aromatic nitrogens is 2. The van der Waals surface area contributed by atoms with Crippen LogP contribution in [-0.4, -0.2) is 22.6 Å². The number of ether oxygens (including phenoxy) is 1. The first-order chi connectivity index (χ1) is 15.0. The van der Waals surface area contributed by atoms with Crippen LogP contribution in [-0.2, 0) is 16.1 Å². The Kier molecular flexibility index (Phi) is 5.95. The smallest absolute Gasteiger partial charge is 0.305 e. The number of methoxy groups -OCH3 is 1. The molecule has 2 heterocycles. The number of fused-ring (bicyclic) bond motifs is 1. The van der Waals surface area contributed by atoms with E-state index < -0.39 is 0 Å². The van der Waals surface area contributed by atoms with Gasteiger partial charge in [-0.3, -0.25) is 14.2 Å². The van der Waals surface area contributed by atoms with Crippen LogP contribution in [0.3, 0.4) is 0 Å². The van der Waals surface area contributed by atoms with Gasteiger partial charge in [-0.25, -0.2) is 9.37 Å². The lowest BCUT2D eigenvalue weighted by Crippen LogP contribution is -2.24. The van der Waals surface area contributed by atoms with Crippen molar-refractivity contribution in [3.8, 4) is 22.5 Å². The number of hydrogen-bond donors (Lipinski definition) is 0. The molecule has 0 fully saturated rings. The summed E-state index contributed by atoms with van der Waals surface area (Å²) in [5, 5.41) is 2.38. The normalized spacial score (nSPS) is 11.1. The van der Waals surface area contributed by atoms with Gasteiger partial charge in [-0.05, 0) is 31.0 Å². The molecule has 0 unspecified atom stereocenters. The van der Waals surface area contributed by atoms with Crippen molar-refractivity contribution in [2.75, 3.05) is 7.11 Å². The van der Waals surface area contributed by atoms with E-state index in [4.69, 9.17) is 9.72 Å². The second kappa shape index (κ2) is 8.81. The zero-order valence-corrected chi connectivity index (χ0v) is 18.0. The Labute approximate surface area is 182 Å². The highest BCUT2D eigenvalue weighted by molar-refractivity contribution is 7.17. The molecule has 0 bridgehead atoms. The number of aryl methyl sites for hydroxylation is 1. The van der Waals surface area contributed by atoms with Gasteiger partial charge in [0.15, 0.2) is 0 Å². The summed E-state index contributed by atoms with van der Waals surface area (Å²) in [5.41, 5.74) is 3.26. The number of halogens is 1. The summed E-state index contributed by atoms with van der Waals surface area (Å²) in [6.07, 6.45) is 0.664. The molecule has 4 rings (SSSR count). The van der Waals surface area contributed by atoms with Gasteiger partial charge in [0.05, 0.1) is 12.5 Å². The molecule has 5 nitrogen and oxygen atoms in total. The third-order valence-corrected chi connectivity index (χ3v) is 6.02. The maximum atomic E-state index is 13.6. The van der Waals surface area contributed by atoms with Crippen molar-refractivity contribution in [2.24, 2.45) is 0 Å². The molecular weight excluding hydrogens is 415 g/mol. The summed E-state index contributed by atoms with van der Waals surface area (Å²) in [5.74, 6) is -0.0836. The third kappa shape index (κ3) is 4.27. The number of nitrogens with zero attached hydrogens (tertiary/aromatic N) is 2. The van der Waals surface area contributed by atoms with Gasteiger partial charge in [0, 0.05) is 29.5 Å². The van der Waals surface area contributed by atoms with Crippen LogP contribution in [0.15, 0.2) is 58.7 Å². The fraction of sp³-hybridized carbons (Fsp3) is 0.208. The van der Waals surface area contributed by atoms with E-state index in [1.807, 2.05) is 36.6 Å². The maximum absolute atomic E-state index is 13.6. The number of carbonyl (C=O) groups excluding carboxylic acids is 1. The van der Waals surface area contributed by atoms with E-state index in [0.29, 0.717) is 29.0 Å². The number of hydrogen-bond acceptors (Lipinski definition) is 5. The number of esters is 1. The van der Waals surface area contributed by atoms with Crippen LogP contribution in [0.25, 0.3) is 32.7 Å². The topological polar surface area (TPSA) is 61.2 Å². The molecule has 158 valence electrons.